The second-order valence-electron chi connectivity index (χ2n) is 5.80. The van der Waals surface area contributed by atoms with E-state index in [0.29, 0.717) is 12.0 Å². The molecule has 9 heteroatoms. The van der Waals surface area contributed by atoms with Gasteiger partial charge in [-0.15, -0.1) is 0 Å². The molecule has 24 heavy (non-hydrogen) atoms. The van der Waals surface area contributed by atoms with Crippen molar-refractivity contribution in [1.29, 1.82) is 0 Å². The molecule has 2 heterocycles. The minimum absolute atomic E-state index is 0.325. The molecule has 1 aliphatic rings. The second-order valence-corrected chi connectivity index (χ2v) is 5.80. The first-order valence-electron chi connectivity index (χ1n) is 7.82. The van der Waals surface area contributed by atoms with Crippen molar-refractivity contribution in [3.05, 3.63) is 32.6 Å². The molecule has 1 saturated heterocycles. The number of aromatic amines is 1. The lowest BCUT2D eigenvalue weighted by Crippen LogP contribution is -2.43. The fraction of sp³-hybridized carbons (Fsp3) is 0.667. The Bertz CT molecular complexity index is 712. The smallest absolute Gasteiger partial charge is 0.330 e. The second kappa shape index (κ2) is 7.29. The molecule has 0 radical (unpaired) electrons. The number of rotatable bonds is 5. The SMILES string of the molecule is CC[C@H]1O[C@@H](n2cc(C)c(=O)[nH]c2=O)C(O[C@@H](C)C(=O)NC)[C@H]1O. The van der Waals surface area contributed by atoms with Crippen LogP contribution < -0.4 is 16.6 Å². The van der Waals surface area contributed by atoms with Gasteiger partial charge in [-0.3, -0.25) is 19.1 Å². The maximum Gasteiger partial charge on any atom is 0.330 e. The van der Waals surface area contributed by atoms with Crippen LogP contribution in [0.3, 0.4) is 0 Å². The number of aliphatic hydroxyl groups excluding tert-OH is 1. The van der Waals surface area contributed by atoms with Crippen LogP contribution in [0, 0.1) is 6.92 Å². The minimum atomic E-state index is -1.01. The Labute approximate surface area is 138 Å². The maximum absolute atomic E-state index is 12.1. The predicted octanol–water partition coefficient (Wildman–Crippen LogP) is -0.967. The van der Waals surface area contributed by atoms with E-state index in [-0.39, 0.29) is 5.91 Å². The number of carbonyl (C=O) groups excluding carboxylic acids is 1. The number of aromatic nitrogens is 2. The highest BCUT2D eigenvalue weighted by Crippen LogP contribution is 2.33. The summed E-state index contributed by atoms with van der Waals surface area (Å²) in [5, 5.41) is 12.9. The number of hydrogen-bond donors (Lipinski definition) is 3. The van der Waals surface area contributed by atoms with E-state index in [0.717, 1.165) is 0 Å². The molecule has 2 rings (SSSR count). The predicted molar refractivity (Wildman–Crippen MR) is 84.7 cm³/mol. The van der Waals surface area contributed by atoms with E-state index in [1.54, 1.807) is 13.8 Å². The molecule has 0 bridgehead atoms. The van der Waals surface area contributed by atoms with Crippen molar-refractivity contribution in [2.24, 2.45) is 0 Å². The molecule has 1 aliphatic heterocycles. The molecule has 1 aromatic heterocycles. The van der Waals surface area contributed by atoms with Gasteiger partial charge in [0.2, 0.25) is 5.91 Å². The number of hydrogen-bond acceptors (Lipinski definition) is 6. The topological polar surface area (TPSA) is 123 Å². The van der Waals surface area contributed by atoms with Gasteiger partial charge in [-0.05, 0) is 20.3 Å². The van der Waals surface area contributed by atoms with Gasteiger partial charge in [0, 0.05) is 18.8 Å². The standard InChI is InChI=1S/C15H23N3O6/c1-5-9-10(19)11(23-8(3)13(21)16-4)14(24-9)18-6-7(2)12(20)17-15(18)22/h6,8-11,14,19H,5H2,1-4H3,(H,16,21)(H,17,20,22)/t8-,9+,10-,11?,14+/m0/s1. The maximum atomic E-state index is 12.1. The van der Waals surface area contributed by atoms with E-state index >= 15 is 0 Å². The summed E-state index contributed by atoms with van der Waals surface area (Å²) in [6.07, 6.45) is -2.40. The Hall–Kier alpha value is -1.97. The molecular formula is C15H23N3O6. The molecule has 0 aromatic carbocycles. The Morgan fingerprint density at radius 2 is 2.21 bits per heavy atom. The van der Waals surface area contributed by atoms with E-state index in [4.69, 9.17) is 9.47 Å². The normalized spacial score (nSPS) is 27.9. The summed E-state index contributed by atoms with van der Waals surface area (Å²) in [6.45, 7) is 4.93. The van der Waals surface area contributed by atoms with Crippen LogP contribution in [0.4, 0.5) is 0 Å². The van der Waals surface area contributed by atoms with Gasteiger partial charge in [0.15, 0.2) is 6.23 Å². The summed E-state index contributed by atoms with van der Waals surface area (Å²) in [5.74, 6) is -0.356. The van der Waals surface area contributed by atoms with Crippen LogP contribution in [0.15, 0.2) is 15.8 Å². The Morgan fingerprint density at radius 1 is 1.54 bits per heavy atom. The number of ether oxygens (including phenoxy) is 2. The Morgan fingerprint density at radius 3 is 2.79 bits per heavy atom. The van der Waals surface area contributed by atoms with Crippen LogP contribution in [-0.2, 0) is 14.3 Å². The van der Waals surface area contributed by atoms with E-state index in [1.165, 1.54) is 17.8 Å². The first-order valence-corrected chi connectivity index (χ1v) is 7.82. The molecule has 3 N–H and O–H groups in total. The molecule has 1 unspecified atom stereocenters. The summed E-state index contributed by atoms with van der Waals surface area (Å²) in [6, 6.07) is 0. The summed E-state index contributed by atoms with van der Waals surface area (Å²) < 4.78 is 12.6. The first kappa shape index (κ1) is 18.4. The summed E-state index contributed by atoms with van der Waals surface area (Å²) >= 11 is 0. The zero-order valence-electron chi connectivity index (χ0n) is 14.1. The summed E-state index contributed by atoms with van der Waals surface area (Å²) in [5.41, 5.74) is -0.829. The van der Waals surface area contributed by atoms with Gasteiger partial charge in [0.25, 0.3) is 5.56 Å². The van der Waals surface area contributed by atoms with Crippen LogP contribution in [0.25, 0.3) is 0 Å². The average Bonchev–Trinajstić information content (AvgIpc) is 2.86. The largest absolute Gasteiger partial charge is 0.388 e. The number of H-pyrrole nitrogens is 1. The van der Waals surface area contributed by atoms with Gasteiger partial charge < -0.3 is 19.9 Å². The van der Waals surface area contributed by atoms with Gasteiger partial charge in [0.05, 0.1) is 6.10 Å². The van der Waals surface area contributed by atoms with Crippen LogP contribution >= 0.6 is 0 Å². The highest BCUT2D eigenvalue weighted by molar-refractivity contribution is 5.79. The fourth-order valence-corrected chi connectivity index (χ4v) is 2.70. The fourth-order valence-electron chi connectivity index (χ4n) is 2.70. The highest BCUT2D eigenvalue weighted by Gasteiger charge is 2.46. The third-order valence-corrected chi connectivity index (χ3v) is 4.11. The number of nitrogens with one attached hydrogen (secondary N) is 2. The van der Waals surface area contributed by atoms with Crippen molar-refractivity contribution < 1.29 is 19.4 Å². The third kappa shape index (κ3) is 3.42. The molecule has 1 aromatic rings. The zero-order valence-corrected chi connectivity index (χ0v) is 14.1. The number of carbonyl (C=O) groups is 1. The van der Waals surface area contributed by atoms with E-state index < -0.39 is 41.9 Å². The molecule has 5 atom stereocenters. The molecule has 0 saturated carbocycles. The minimum Gasteiger partial charge on any atom is -0.388 e. The Kier molecular flexibility index (Phi) is 5.58. The summed E-state index contributed by atoms with van der Waals surface area (Å²) in [4.78, 5) is 37.5. The molecule has 134 valence electrons. The van der Waals surface area contributed by atoms with E-state index in [2.05, 4.69) is 10.3 Å². The quantitative estimate of drug-likeness (QED) is 0.633. The van der Waals surface area contributed by atoms with E-state index in [1.807, 2.05) is 6.92 Å². The van der Waals surface area contributed by atoms with Gasteiger partial charge in [-0.25, -0.2) is 4.79 Å². The molecular weight excluding hydrogens is 318 g/mol. The van der Waals surface area contributed by atoms with Crippen LogP contribution in [0.5, 0.6) is 0 Å². The van der Waals surface area contributed by atoms with Crippen molar-refractivity contribution in [3.8, 4) is 0 Å². The monoisotopic (exact) mass is 341 g/mol. The number of aryl methyl sites for hydroxylation is 1. The van der Waals surface area contributed by atoms with Crippen molar-refractivity contribution in [2.45, 2.75) is 57.8 Å². The number of amides is 1. The molecule has 0 spiro atoms. The summed E-state index contributed by atoms with van der Waals surface area (Å²) in [7, 11) is 1.48. The highest BCUT2D eigenvalue weighted by atomic mass is 16.6. The lowest BCUT2D eigenvalue weighted by molar-refractivity contribution is -0.144. The first-order chi connectivity index (χ1) is 11.3. The average molecular weight is 341 g/mol. The third-order valence-electron chi connectivity index (χ3n) is 4.11. The lowest BCUT2D eigenvalue weighted by atomic mass is 10.1. The molecule has 0 aliphatic carbocycles. The van der Waals surface area contributed by atoms with Gasteiger partial charge in [-0.1, -0.05) is 6.92 Å². The van der Waals surface area contributed by atoms with Gasteiger partial charge in [0.1, 0.15) is 18.3 Å². The van der Waals surface area contributed by atoms with Crippen molar-refractivity contribution in [1.82, 2.24) is 14.9 Å². The number of likely N-dealkylation sites (N-methyl/N-ethyl adjacent to an activating group) is 1. The lowest BCUT2D eigenvalue weighted by Gasteiger charge is -2.25. The molecule has 1 fully saturated rings. The van der Waals surface area contributed by atoms with Crippen LogP contribution in [0.2, 0.25) is 0 Å². The van der Waals surface area contributed by atoms with Gasteiger partial charge in [-0.2, -0.15) is 0 Å². The van der Waals surface area contributed by atoms with Crippen molar-refractivity contribution in [2.75, 3.05) is 7.05 Å². The Balaban J connectivity index is 2.38. The molecule has 1 amide bonds. The van der Waals surface area contributed by atoms with Crippen molar-refractivity contribution >= 4 is 5.91 Å². The van der Waals surface area contributed by atoms with E-state index in [9.17, 15) is 19.5 Å². The molecule has 9 nitrogen and oxygen atoms in total. The number of nitrogens with zero attached hydrogens (tertiary/aromatic N) is 1. The zero-order chi connectivity index (χ0) is 18.0. The van der Waals surface area contributed by atoms with Crippen molar-refractivity contribution in [3.63, 3.8) is 0 Å². The van der Waals surface area contributed by atoms with Crippen LogP contribution in [-0.4, -0.2) is 52.0 Å². The van der Waals surface area contributed by atoms with Gasteiger partial charge >= 0.3 is 5.69 Å². The number of aliphatic hydroxyl groups is 1. The van der Waals surface area contributed by atoms with Crippen LogP contribution in [0.1, 0.15) is 32.1 Å².